The number of carbonyl (C=O) groups excluding carboxylic acids is 9. The Hall–Kier alpha value is -8.29. The van der Waals surface area contributed by atoms with Gasteiger partial charge in [0.25, 0.3) is 0 Å². The number of ketones is 2. The number of rotatable bonds is 32. The first kappa shape index (κ1) is 71.2. The molecule has 1 saturated carbocycles. The molecule has 0 radical (unpaired) electrons. The number of fused-ring (bicyclic) bond motifs is 2. The van der Waals surface area contributed by atoms with Crippen LogP contribution in [-0.2, 0) is 67.3 Å². The van der Waals surface area contributed by atoms with Crippen molar-refractivity contribution in [2.45, 2.75) is 177 Å². The first-order valence-corrected chi connectivity index (χ1v) is 32.5. The Kier molecular flexibility index (Phi) is 26.2. The predicted molar refractivity (Wildman–Crippen MR) is 340 cm³/mol. The van der Waals surface area contributed by atoms with Crippen molar-refractivity contribution in [3.63, 3.8) is 0 Å². The molecule has 1 aliphatic carbocycles. The van der Waals surface area contributed by atoms with E-state index in [4.69, 9.17) is 40.1 Å². The predicted octanol–water partition coefficient (Wildman–Crippen LogP) is -2.84. The molecule has 30 nitrogen and oxygen atoms in total. The average molecular weight is 1300 g/mol. The van der Waals surface area contributed by atoms with Crippen LogP contribution in [0.25, 0.3) is 0 Å². The van der Waals surface area contributed by atoms with Crippen LogP contribution in [-0.4, -0.2) is 212 Å². The number of guanidine groups is 3. The second kappa shape index (κ2) is 33.9. The molecule has 5 heterocycles. The topological polar surface area (TPSA) is 500 Å². The number of Topliss-reactive ketones (excluding diaryl/α,β-unsaturated/α-hetero) is 2. The number of thiophene rings is 1. The van der Waals surface area contributed by atoms with Gasteiger partial charge in [-0.15, -0.1) is 11.3 Å². The summed E-state index contributed by atoms with van der Waals surface area (Å²) in [5.41, 5.74) is 40.5. The van der Waals surface area contributed by atoms with Gasteiger partial charge in [-0.2, -0.15) is 0 Å². The summed E-state index contributed by atoms with van der Waals surface area (Å²) in [6.07, 6.45) is 3.34. The van der Waals surface area contributed by atoms with Crippen molar-refractivity contribution in [3.05, 3.63) is 57.8 Å². The van der Waals surface area contributed by atoms with Crippen LogP contribution in [0, 0.1) is 17.8 Å². The summed E-state index contributed by atoms with van der Waals surface area (Å²) in [7, 11) is 0. The fourth-order valence-corrected chi connectivity index (χ4v) is 14.2. The van der Waals surface area contributed by atoms with Crippen LogP contribution in [0.5, 0.6) is 0 Å². The number of aliphatic hydroxyl groups is 2. The molecule has 31 heteroatoms. The van der Waals surface area contributed by atoms with E-state index in [2.05, 4.69) is 30.9 Å². The summed E-state index contributed by atoms with van der Waals surface area (Å²) in [5.74, 6) is -9.42. The number of carbonyl (C=O) groups is 10. The van der Waals surface area contributed by atoms with Crippen molar-refractivity contribution in [1.82, 2.24) is 35.6 Å². The molecule has 11 unspecified atom stereocenters. The van der Waals surface area contributed by atoms with Gasteiger partial charge in [0.2, 0.25) is 41.4 Å². The number of likely N-dealkylation sites (tertiary alicyclic amines) is 3. The number of carboxylic acids is 1. The molecule has 3 saturated heterocycles. The van der Waals surface area contributed by atoms with Crippen molar-refractivity contribution in [1.29, 1.82) is 0 Å². The summed E-state index contributed by atoms with van der Waals surface area (Å²) >= 11 is 1.32. The van der Waals surface area contributed by atoms with Gasteiger partial charge in [0.05, 0.1) is 25.3 Å². The zero-order valence-electron chi connectivity index (χ0n) is 51.9. The largest absolute Gasteiger partial charge is 0.480 e. The molecular weight excluding hydrogens is 1210 g/mol. The maximum Gasteiger partial charge on any atom is 0.326 e. The van der Waals surface area contributed by atoms with Crippen molar-refractivity contribution >= 4 is 88.1 Å². The third kappa shape index (κ3) is 19.2. The summed E-state index contributed by atoms with van der Waals surface area (Å²) in [4.78, 5) is 160. The number of aliphatic hydroxyl groups excluding tert-OH is 2. The molecule has 504 valence electrons. The number of hydrogen-bond donors (Lipinski definition) is 13. The summed E-state index contributed by atoms with van der Waals surface area (Å²) in [6, 6.07) is 1.91. The molecule has 5 aliphatic rings. The number of β-amino-alcohol motifs (C(OH)–C–C–N with tert-alkyl or cyclic N) is 1. The molecular formula is C61H91N17O13S. The number of carboxylic acid groups (broad SMARTS) is 1. The number of nitrogens with two attached hydrogens (primary N) is 7. The van der Waals surface area contributed by atoms with E-state index in [9.17, 15) is 58.5 Å². The van der Waals surface area contributed by atoms with E-state index < -0.39 is 133 Å². The van der Waals surface area contributed by atoms with E-state index in [0.717, 1.165) is 24.8 Å². The minimum Gasteiger partial charge on any atom is -0.480 e. The fraction of sp³-hybridized carbons (Fsp3) is 0.623. The summed E-state index contributed by atoms with van der Waals surface area (Å²) < 4.78 is 0. The molecule has 0 spiro atoms. The monoisotopic (exact) mass is 1300 g/mol. The van der Waals surface area contributed by atoms with E-state index >= 15 is 4.79 Å². The molecule has 4 aliphatic heterocycles. The van der Waals surface area contributed by atoms with Crippen LogP contribution in [0.4, 0.5) is 0 Å². The molecule has 0 bridgehead atoms. The minimum atomic E-state index is -1.62. The van der Waals surface area contributed by atoms with E-state index in [1.807, 2.05) is 6.07 Å². The Labute approximate surface area is 537 Å². The zero-order valence-corrected chi connectivity index (χ0v) is 52.7. The first-order chi connectivity index (χ1) is 43.9. The zero-order chi connectivity index (χ0) is 66.8. The number of hydrogen-bond acceptors (Lipinski definition) is 17. The summed E-state index contributed by atoms with van der Waals surface area (Å²) in [5, 5.41) is 41.6. The Morgan fingerprint density at radius 3 is 1.97 bits per heavy atom. The molecule has 92 heavy (non-hydrogen) atoms. The number of aliphatic imine (C=N–C) groups is 3. The number of benzene rings is 1. The second-order valence-electron chi connectivity index (χ2n) is 24.6. The summed E-state index contributed by atoms with van der Waals surface area (Å²) in [6.45, 7) is -1.13. The molecule has 1 aromatic carbocycles. The van der Waals surface area contributed by atoms with E-state index in [1.54, 1.807) is 35.7 Å². The maximum atomic E-state index is 15.4. The van der Waals surface area contributed by atoms with Crippen LogP contribution >= 0.6 is 11.3 Å². The van der Waals surface area contributed by atoms with Crippen LogP contribution in [0.2, 0.25) is 0 Å². The first-order valence-electron chi connectivity index (χ1n) is 31.6. The van der Waals surface area contributed by atoms with Gasteiger partial charge in [-0.05, 0) is 106 Å². The van der Waals surface area contributed by atoms with Gasteiger partial charge < -0.3 is 91.0 Å². The second-order valence-corrected chi connectivity index (χ2v) is 25.6. The van der Waals surface area contributed by atoms with Crippen LogP contribution in [0.15, 0.2) is 56.8 Å². The lowest BCUT2D eigenvalue weighted by Gasteiger charge is -2.42. The van der Waals surface area contributed by atoms with Crippen LogP contribution < -0.4 is 56.1 Å². The Morgan fingerprint density at radius 1 is 0.652 bits per heavy atom. The minimum absolute atomic E-state index is 0.00581. The van der Waals surface area contributed by atoms with Gasteiger partial charge in [0, 0.05) is 87.7 Å². The molecule has 7 rings (SSSR count). The highest BCUT2D eigenvalue weighted by Crippen LogP contribution is 2.42. The lowest BCUT2D eigenvalue weighted by molar-refractivity contribution is -0.153. The van der Waals surface area contributed by atoms with Crippen molar-refractivity contribution in [3.8, 4) is 0 Å². The van der Waals surface area contributed by atoms with Crippen LogP contribution in [0.1, 0.15) is 119 Å². The lowest BCUT2D eigenvalue weighted by atomic mass is 9.84. The van der Waals surface area contributed by atoms with E-state index in [0.29, 0.717) is 36.1 Å². The van der Waals surface area contributed by atoms with Gasteiger partial charge in [-0.25, -0.2) is 4.79 Å². The Morgan fingerprint density at radius 2 is 1.32 bits per heavy atom. The SMILES string of the molecule is NC(N)=NCCCC(N)C(=O)CC(CCCN=C(N)N)C(=O)N1CCCC1C(=O)N1C[C@@H](O)CC1C(=O)NCC(=O)CC(Cc1cccs1)C(=O)NC(CO)C(=O)N1Cc2ccccc2CC1C(=O)N1C(C(=O)NC(CCCN=C(N)N)C(=O)O)CC2CCCCC21. The number of amides is 7. The molecule has 12 atom stereocenters. The van der Waals surface area contributed by atoms with Crippen molar-refractivity contribution < 1.29 is 63.3 Å². The number of nitrogens with one attached hydrogen (secondary N) is 3. The Balaban J connectivity index is 1.02. The van der Waals surface area contributed by atoms with Crippen LogP contribution in [0.3, 0.4) is 0 Å². The lowest BCUT2D eigenvalue weighted by Crippen LogP contribution is -2.62. The highest BCUT2D eigenvalue weighted by Gasteiger charge is 2.52. The highest BCUT2D eigenvalue weighted by molar-refractivity contribution is 7.09. The van der Waals surface area contributed by atoms with Gasteiger partial charge in [0.15, 0.2) is 23.7 Å². The van der Waals surface area contributed by atoms with Crippen molar-refractivity contribution in [2.75, 3.05) is 45.9 Å². The molecule has 4 fully saturated rings. The normalized spacial score (nSPS) is 22.5. The molecule has 20 N–H and O–H groups in total. The number of aliphatic carboxylic acids is 1. The smallest absolute Gasteiger partial charge is 0.326 e. The van der Waals surface area contributed by atoms with Gasteiger partial charge in [0.1, 0.15) is 42.0 Å². The Bertz CT molecular complexity index is 3050. The molecule has 1 aromatic heterocycles. The van der Waals surface area contributed by atoms with Gasteiger partial charge >= 0.3 is 5.97 Å². The fourth-order valence-electron chi connectivity index (χ4n) is 13.4. The van der Waals surface area contributed by atoms with E-state index in [-0.39, 0.29) is 139 Å². The quantitative estimate of drug-likeness (QED) is 0.0199. The third-order valence-corrected chi connectivity index (χ3v) is 18.9. The van der Waals surface area contributed by atoms with Gasteiger partial charge in [-0.3, -0.25) is 58.1 Å². The maximum absolute atomic E-state index is 15.4. The van der Waals surface area contributed by atoms with Gasteiger partial charge in [-0.1, -0.05) is 43.2 Å². The average Bonchev–Trinajstić information content (AvgIpc) is 1.48. The standard InChI is InChI=1S/C61H91N17O13S/c62-42(15-6-20-70-60(65)66)50(82)28-36(13-5-19-69-59(63)64)54(86)75-22-8-18-46(75)56(88)77-32-40(81)29-47(77)52(84)72-30-39(80)24-38(25-41-14-9-23-92-41)51(83)74-44(33-79)55(87)76-31-37-12-2-1-10-34(37)26-49(76)57(89)78-45-17-4-3-11-35(45)27-48(78)53(85)73-43(58(90)91)16-7-21-71-61(67)68/h1-2,9-10,12,14,23,35-36,38,40,42-49,79,81H,3-8,11,13,15-22,24-33,62H2,(H,72,84)(H,73,85)(H,74,83)(H,90,91)(H4,63,64,69)(H4,65,66,70)(H4,67,68,71)/t35?,36?,38?,40-,42?,43?,44?,45?,46?,47?,48?,49?/m0/s1. The van der Waals surface area contributed by atoms with E-state index in [1.165, 1.54) is 30.9 Å². The van der Waals surface area contributed by atoms with Crippen molar-refractivity contribution in [2.24, 2.45) is 72.9 Å². The highest BCUT2D eigenvalue weighted by atomic mass is 32.1. The molecule has 2 aromatic rings. The molecule has 7 amide bonds. The third-order valence-electron chi connectivity index (χ3n) is 18.0. The number of nitrogens with zero attached hydrogens (tertiary/aromatic N) is 7.